The molecular weight excluding hydrogens is 192 g/mol. The van der Waals surface area contributed by atoms with Gasteiger partial charge >= 0.3 is 0 Å². The lowest BCUT2D eigenvalue weighted by atomic mass is 9.94. The van der Waals surface area contributed by atoms with Crippen LogP contribution in [0.5, 0.6) is 0 Å². The van der Waals surface area contributed by atoms with Crippen LogP contribution in [0.2, 0.25) is 0 Å². The molecule has 0 radical (unpaired) electrons. The number of likely N-dealkylation sites (N-methyl/N-ethyl adjacent to an activating group) is 1. The van der Waals surface area contributed by atoms with E-state index in [-0.39, 0.29) is 5.92 Å². The van der Waals surface area contributed by atoms with Crippen molar-refractivity contribution in [2.24, 2.45) is 5.92 Å². The summed E-state index contributed by atoms with van der Waals surface area (Å²) in [6, 6.07) is 0.436. The molecule has 2 aliphatic heterocycles. The van der Waals surface area contributed by atoms with Gasteiger partial charge in [0.2, 0.25) is 5.91 Å². The van der Waals surface area contributed by atoms with Gasteiger partial charge in [-0.1, -0.05) is 0 Å². The molecule has 86 valence electrons. The van der Waals surface area contributed by atoms with E-state index in [1.165, 1.54) is 0 Å². The van der Waals surface area contributed by atoms with Crippen LogP contribution in [-0.2, 0) is 9.53 Å². The van der Waals surface area contributed by atoms with Crippen molar-refractivity contribution in [2.45, 2.75) is 25.3 Å². The lowest BCUT2D eigenvalue weighted by molar-refractivity contribution is -0.146. The molecule has 2 saturated heterocycles. The fourth-order valence-electron chi connectivity index (χ4n) is 2.36. The zero-order valence-corrected chi connectivity index (χ0v) is 9.37. The number of likely N-dealkylation sites (tertiary alicyclic amines) is 1. The molecule has 0 bridgehead atoms. The van der Waals surface area contributed by atoms with Gasteiger partial charge in [0.05, 0.1) is 0 Å². The highest BCUT2D eigenvalue weighted by Crippen LogP contribution is 2.24. The molecular formula is C11H20N2O2. The van der Waals surface area contributed by atoms with Crippen molar-refractivity contribution < 1.29 is 9.53 Å². The maximum atomic E-state index is 12.1. The Hall–Kier alpha value is -0.610. The number of rotatable bonds is 3. The molecule has 1 unspecified atom stereocenters. The lowest BCUT2D eigenvalue weighted by Gasteiger charge is -2.43. The van der Waals surface area contributed by atoms with Gasteiger partial charge in [-0.25, -0.2) is 0 Å². The second-order valence-electron chi connectivity index (χ2n) is 4.42. The molecule has 4 nitrogen and oxygen atoms in total. The molecule has 1 amide bonds. The zero-order valence-electron chi connectivity index (χ0n) is 9.37. The highest BCUT2D eigenvalue weighted by Gasteiger charge is 2.35. The van der Waals surface area contributed by atoms with E-state index in [9.17, 15) is 4.79 Å². The normalized spacial score (nSPS) is 27.5. The summed E-state index contributed by atoms with van der Waals surface area (Å²) in [5.74, 6) is 0.572. The Kier molecular flexibility index (Phi) is 3.59. The number of ether oxygens (including phenoxy) is 1. The van der Waals surface area contributed by atoms with Crippen LogP contribution < -0.4 is 5.32 Å². The Balaban J connectivity index is 1.84. The van der Waals surface area contributed by atoms with Crippen molar-refractivity contribution in [3.05, 3.63) is 0 Å². The summed E-state index contributed by atoms with van der Waals surface area (Å²) in [6.07, 6.45) is 2.96. The number of carbonyl (C=O) groups excluding carboxylic acids is 1. The Morgan fingerprint density at radius 3 is 2.67 bits per heavy atom. The molecule has 2 aliphatic rings. The monoisotopic (exact) mass is 212 g/mol. The van der Waals surface area contributed by atoms with Crippen molar-refractivity contribution in [3.8, 4) is 0 Å². The third-order valence-electron chi connectivity index (χ3n) is 3.44. The Morgan fingerprint density at radius 1 is 1.40 bits per heavy atom. The number of hydrogen-bond donors (Lipinski definition) is 1. The number of hydrogen-bond acceptors (Lipinski definition) is 3. The molecule has 0 aromatic carbocycles. The lowest BCUT2D eigenvalue weighted by Crippen LogP contribution is -2.57. The molecule has 2 rings (SSSR count). The third-order valence-corrected chi connectivity index (χ3v) is 3.44. The summed E-state index contributed by atoms with van der Waals surface area (Å²) < 4.78 is 5.27. The predicted molar refractivity (Wildman–Crippen MR) is 57.6 cm³/mol. The van der Waals surface area contributed by atoms with Crippen molar-refractivity contribution >= 4 is 5.91 Å². The average molecular weight is 212 g/mol. The number of carbonyl (C=O) groups is 1. The van der Waals surface area contributed by atoms with Gasteiger partial charge in [-0.15, -0.1) is 0 Å². The smallest absolute Gasteiger partial charge is 0.226 e. The van der Waals surface area contributed by atoms with Crippen LogP contribution in [-0.4, -0.2) is 50.2 Å². The van der Waals surface area contributed by atoms with Crippen LogP contribution in [0.15, 0.2) is 0 Å². The van der Waals surface area contributed by atoms with Gasteiger partial charge in [0.25, 0.3) is 0 Å². The Morgan fingerprint density at radius 2 is 2.13 bits per heavy atom. The zero-order chi connectivity index (χ0) is 10.7. The molecule has 0 aromatic heterocycles. The molecule has 2 heterocycles. The van der Waals surface area contributed by atoms with E-state index in [0.29, 0.717) is 11.9 Å². The maximum Gasteiger partial charge on any atom is 0.226 e. The minimum absolute atomic E-state index is 0.221. The van der Waals surface area contributed by atoms with Gasteiger partial charge in [-0.2, -0.15) is 0 Å². The fourth-order valence-corrected chi connectivity index (χ4v) is 2.36. The average Bonchev–Trinajstić information content (AvgIpc) is 2.25. The number of nitrogens with one attached hydrogen (secondary N) is 1. The van der Waals surface area contributed by atoms with E-state index in [4.69, 9.17) is 4.74 Å². The first-order chi connectivity index (χ1) is 7.33. The molecule has 0 saturated carbocycles. The Bertz CT molecular complexity index is 227. The quantitative estimate of drug-likeness (QED) is 0.728. The molecule has 0 aliphatic carbocycles. The third kappa shape index (κ3) is 2.32. The van der Waals surface area contributed by atoms with Gasteiger partial charge in [0.1, 0.15) is 0 Å². The van der Waals surface area contributed by atoms with Crippen molar-refractivity contribution in [2.75, 3.05) is 33.4 Å². The molecule has 0 aromatic rings. The van der Waals surface area contributed by atoms with E-state index in [0.717, 1.165) is 45.6 Å². The van der Waals surface area contributed by atoms with Gasteiger partial charge in [-0.05, 0) is 26.3 Å². The van der Waals surface area contributed by atoms with Crippen LogP contribution in [0.1, 0.15) is 19.3 Å². The van der Waals surface area contributed by atoms with E-state index in [2.05, 4.69) is 5.32 Å². The molecule has 15 heavy (non-hydrogen) atoms. The first kappa shape index (κ1) is 10.9. The fraction of sp³-hybridized carbons (Fsp3) is 0.909. The summed E-state index contributed by atoms with van der Waals surface area (Å²) in [5, 5.41) is 3.14. The first-order valence-electron chi connectivity index (χ1n) is 5.85. The van der Waals surface area contributed by atoms with Gasteiger partial charge in [0, 0.05) is 38.3 Å². The summed E-state index contributed by atoms with van der Waals surface area (Å²) in [7, 11) is 1.94. The Labute approximate surface area is 91.0 Å². The number of amides is 1. The van der Waals surface area contributed by atoms with Crippen molar-refractivity contribution in [1.82, 2.24) is 10.2 Å². The highest BCUT2D eigenvalue weighted by atomic mass is 16.5. The topological polar surface area (TPSA) is 41.6 Å². The standard InChI is InChI=1S/C11H20N2O2/c1-12-8-10-2-5-13(10)11(14)9-3-6-15-7-4-9/h9-10,12H,2-8H2,1H3. The first-order valence-corrected chi connectivity index (χ1v) is 5.85. The predicted octanol–water partition coefficient (Wildman–Crippen LogP) is 0.233. The minimum Gasteiger partial charge on any atom is -0.381 e. The highest BCUT2D eigenvalue weighted by molar-refractivity contribution is 5.80. The minimum atomic E-state index is 0.221. The molecule has 0 spiro atoms. The van der Waals surface area contributed by atoms with Gasteiger partial charge in [0.15, 0.2) is 0 Å². The summed E-state index contributed by atoms with van der Waals surface area (Å²) in [4.78, 5) is 14.1. The van der Waals surface area contributed by atoms with Crippen molar-refractivity contribution in [1.29, 1.82) is 0 Å². The van der Waals surface area contributed by atoms with E-state index >= 15 is 0 Å². The van der Waals surface area contributed by atoms with Crippen LogP contribution in [0.25, 0.3) is 0 Å². The molecule has 1 atom stereocenters. The molecule has 1 N–H and O–H groups in total. The maximum absolute atomic E-state index is 12.1. The van der Waals surface area contributed by atoms with Crippen molar-refractivity contribution in [3.63, 3.8) is 0 Å². The van der Waals surface area contributed by atoms with E-state index in [1.807, 2.05) is 11.9 Å². The molecule has 2 fully saturated rings. The number of nitrogens with zero attached hydrogens (tertiary/aromatic N) is 1. The van der Waals surface area contributed by atoms with Crippen LogP contribution in [0, 0.1) is 5.92 Å². The molecule has 4 heteroatoms. The summed E-state index contributed by atoms with van der Waals surface area (Å²) >= 11 is 0. The second kappa shape index (κ2) is 4.94. The summed E-state index contributed by atoms with van der Waals surface area (Å²) in [5.41, 5.74) is 0. The van der Waals surface area contributed by atoms with Crippen LogP contribution in [0.4, 0.5) is 0 Å². The van der Waals surface area contributed by atoms with Gasteiger partial charge < -0.3 is 15.0 Å². The summed E-state index contributed by atoms with van der Waals surface area (Å²) in [6.45, 7) is 3.37. The van der Waals surface area contributed by atoms with E-state index in [1.54, 1.807) is 0 Å². The van der Waals surface area contributed by atoms with Crippen LogP contribution >= 0.6 is 0 Å². The largest absolute Gasteiger partial charge is 0.381 e. The second-order valence-corrected chi connectivity index (χ2v) is 4.42. The van der Waals surface area contributed by atoms with E-state index < -0.39 is 0 Å². The van der Waals surface area contributed by atoms with Crippen LogP contribution in [0.3, 0.4) is 0 Å². The van der Waals surface area contributed by atoms with Gasteiger partial charge in [-0.3, -0.25) is 4.79 Å². The SMILES string of the molecule is CNCC1CCN1C(=O)C1CCOCC1.